The molecule has 0 aromatic carbocycles. The molecule has 12 heavy (non-hydrogen) atoms. The van der Waals surface area contributed by atoms with Gasteiger partial charge in [-0.2, -0.15) is 23.0 Å². The maximum Gasteiger partial charge on any atom is 0.435 e. The van der Waals surface area contributed by atoms with Gasteiger partial charge in [0.15, 0.2) is 5.69 Å². The standard InChI is InChI=1S/C5H3F3N2O2/c6-5(7,8)3-1-2-10(9-3)4(11)12/h1-2H,(H,11,12). The SMILES string of the molecule is O=C(O)n1ccc(C(F)(F)F)n1. The Morgan fingerprint density at radius 1 is 1.58 bits per heavy atom. The Kier molecular flexibility index (Phi) is 1.79. The van der Waals surface area contributed by atoms with Gasteiger partial charge in [-0.25, -0.2) is 4.79 Å². The highest BCUT2D eigenvalue weighted by molar-refractivity contribution is 5.66. The van der Waals surface area contributed by atoms with Gasteiger partial charge in [0.25, 0.3) is 0 Å². The molecule has 1 rings (SSSR count). The molecule has 7 heteroatoms. The highest BCUT2D eigenvalue weighted by atomic mass is 19.4. The van der Waals surface area contributed by atoms with Crippen molar-refractivity contribution in [3.8, 4) is 0 Å². The molecule has 0 saturated heterocycles. The maximum absolute atomic E-state index is 11.8. The van der Waals surface area contributed by atoms with Crippen LogP contribution in [0.15, 0.2) is 12.3 Å². The summed E-state index contributed by atoms with van der Waals surface area (Å²) < 4.78 is 35.6. The quantitative estimate of drug-likeness (QED) is 0.656. The second-order valence-electron chi connectivity index (χ2n) is 1.93. The predicted octanol–water partition coefficient (Wildman–Crippen LogP) is 1.43. The van der Waals surface area contributed by atoms with Crippen LogP contribution in [0, 0.1) is 0 Å². The summed E-state index contributed by atoms with van der Waals surface area (Å²) in [4.78, 5) is 10.1. The highest BCUT2D eigenvalue weighted by Crippen LogP contribution is 2.26. The van der Waals surface area contributed by atoms with E-state index in [-0.39, 0.29) is 4.68 Å². The topological polar surface area (TPSA) is 55.1 Å². The summed E-state index contributed by atoms with van der Waals surface area (Å²) in [6.45, 7) is 0. The molecule has 0 radical (unpaired) electrons. The van der Waals surface area contributed by atoms with Crippen LogP contribution in [0.4, 0.5) is 18.0 Å². The number of alkyl halides is 3. The van der Waals surface area contributed by atoms with E-state index in [9.17, 15) is 18.0 Å². The van der Waals surface area contributed by atoms with Crippen LogP contribution >= 0.6 is 0 Å². The fraction of sp³-hybridized carbons (Fsp3) is 0.200. The normalized spacial score (nSPS) is 11.6. The summed E-state index contributed by atoms with van der Waals surface area (Å²) in [5, 5.41) is 11.0. The van der Waals surface area contributed by atoms with Gasteiger partial charge in [0.05, 0.1) is 0 Å². The van der Waals surface area contributed by atoms with Crippen LogP contribution in [-0.2, 0) is 6.18 Å². The largest absolute Gasteiger partial charge is 0.463 e. The molecular weight excluding hydrogens is 177 g/mol. The Morgan fingerprint density at radius 2 is 2.17 bits per heavy atom. The van der Waals surface area contributed by atoms with Crippen molar-refractivity contribution in [1.29, 1.82) is 0 Å². The molecule has 1 aromatic rings. The predicted molar refractivity (Wildman–Crippen MR) is 30.7 cm³/mol. The number of aromatic nitrogens is 2. The first-order chi connectivity index (χ1) is 5.41. The summed E-state index contributed by atoms with van der Waals surface area (Å²) in [6, 6.07) is 0.591. The zero-order valence-electron chi connectivity index (χ0n) is 5.54. The lowest BCUT2D eigenvalue weighted by Gasteiger charge is -1.99. The van der Waals surface area contributed by atoms with Crippen LogP contribution in [0.1, 0.15) is 5.69 Å². The zero-order chi connectivity index (χ0) is 9.35. The fourth-order valence-corrected chi connectivity index (χ4v) is 0.582. The lowest BCUT2D eigenvalue weighted by atomic mass is 10.4. The average molecular weight is 180 g/mol. The van der Waals surface area contributed by atoms with E-state index in [0.717, 1.165) is 6.20 Å². The van der Waals surface area contributed by atoms with E-state index in [4.69, 9.17) is 5.11 Å². The molecule has 0 amide bonds. The van der Waals surface area contributed by atoms with Crippen molar-refractivity contribution in [2.24, 2.45) is 0 Å². The Morgan fingerprint density at radius 3 is 2.42 bits per heavy atom. The van der Waals surface area contributed by atoms with Gasteiger partial charge >= 0.3 is 12.3 Å². The first kappa shape index (κ1) is 8.57. The molecule has 1 N–H and O–H groups in total. The summed E-state index contributed by atoms with van der Waals surface area (Å²) in [7, 11) is 0. The molecule has 1 aromatic heterocycles. The van der Waals surface area contributed by atoms with Gasteiger partial charge in [-0.3, -0.25) is 0 Å². The van der Waals surface area contributed by atoms with Crippen LogP contribution in [0.2, 0.25) is 0 Å². The molecule has 4 nitrogen and oxygen atoms in total. The Hall–Kier alpha value is -1.53. The summed E-state index contributed by atoms with van der Waals surface area (Å²) in [5.74, 6) is 0. The van der Waals surface area contributed by atoms with Crippen molar-refractivity contribution in [3.05, 3.63) is 18.0 Å². The van der Waals surface area contributed by atoms with E-state index in [2.05, 4.69) is 5.10 Å². The Labute approximate surface area is 64.2 Å². The van der Waals surface area contributed by atoms with Crippen molar-refractivity contribution >= 4 is 6.09 Å². The fourth-order valence-electron chi connectivity index (χ4n) is 0.582. The lowest BCUT2D eigenvalue weighted by Crippen LogP contribution is -2.12. The van der Waals surface area contributed by atoms with E-state index in [1.54, 1.807) is 0 Å². The monoisotopic (exact) mass is 180 g/mol. The Balaban J connectivity index is 3.00. The zero-order valence-corrected chi connectivity index (χ0v) is 5.54. The van der Waals surface area contributed by atoms with Gasteiger partial charge in [-0.15, -0.1) is 0 Å². The third kappa shape index (κ3) is 1.55. The van der Waals surface area contributed by atoms with Crippen molar-refractivity contribution in [2.75, 3.05) is 0 Å². The second kappa shape index (κ2) is 2.50. The third-order valence-corrected chi connectivity index (χ3v) is 1.08. The van der Waals surface area contributed by atoms with Crippen molar-refractivity contribution in [2.45, 2.75) is 6.18 Å². The molecule has 0 unspecified atom stereocenters. The molecule has 0 aliphatic carbocycles. The first-order valence-corrected chi connectivity index (χ1v) is 2.77. The van der Waals surface area contributed by atoms with Crippen LogP contribution < -0.4 is 0 Å². The van der Waals surface area contributed by atoms with Gasteiger partial charge < -0.3 is 5.11 Å². The van der Waals surface area contributed by atoms with Crippen LogP contribution in [0.25, 0.3) is 0 Å². The highest BCUT2D eigenvalue weighted by Gasteiger charge is 2.33. The molecule has 0 atom stereocenters. The molecule has 0 fully saturated rings. The minimum Gasteiger partial charge on any atom is -0.463 e. The number of rotatable bonds is 0. The van der Waals surface area contributed by atoms with E-state index < -0.39 is 18.0 Å². The van der Waals surface area contributed by atoms with Crippen molar-refractivity contribution in [1.82, 2.24) is 9.78 Å². The second-order valence-corrected chi connectivity index (χ2v) is 1.93. The minimum atomic E-state index is -4.60. The molecule has 0 aliphatic heterocycles. The molecule has 1 heterocycles. The first-order valence-electron chi connectivity index (χ1n) is 2.77. The van der Waals surface area contributed by atoms with Crippen molar-refractivity contribution in [3.63, 3.8) is 0 Å². The number of carboxylic acid groups (broad SMARTS) is 1. The van der Waals surface area contributed by atoms with Crippen LogP contribution in [0.5, 0.6) is 0 Å². The van der Waals surface area contributed by atoms with E-state index in [1.165, 1.54) is 0 Å². The van der Waals surface area contributed by atoms with E-state index in [0.29, 0.717) is 6.07 Å². The minimum absolute atomic E-state index is 0.197. The average Bonchev–Trinajstić information content (AvgIpc) is 2.30. The number of nitrogens with zero attached hydrogens (tertiary/aromatic N) is 2. The number of carbonyl (C=O) groups is 1. The smallest absolute Gasteiger partial charge is 0.435 e. The van der Waals surface area contributed by atoms with Crippen LogP contribution in [-0.4, -0.2) is 21.0 Å². The summed E-state index contributed by atoms with van der Waals surface area (Å²) >= 11 is 0. The molecule has 0 bridgehead atoms. The van der Waals surface area contributed by atoms with Crippen LogP contribution in [0.3, 0.4) is 0 Å². The van der Waals surface area contributed by atoms with Gasteiger partial charge in [-0.1, -0.05) is 0 Å². The van der Waals surface area contributed by atoms with E-state index >= 15 is 0 Å². The van der Waals surface area contributed by atoms with Gasteiger partial charge in [0.2, 0.25) is 0 Å². The molecule has 0 aliphatic rings. The van der Waals surface area contributed by atoms with Crippen molar-refractivity contribution < 1.29 is 23.1 Å². The van der Waals surface area contributed by atoms with Gasteiger partial charge in [-0.05, 0) is 6.07 Å². The van der Waals surface area contributed by atoms with Gasteiger partial charge in [0, 0.05) is 6.20 Å². The van der Waals surface area contributed by atoms with E-state index in [1.807, 2.05) is 0 Å². The molecular formula is C5H3F3N2O2. The number of hydrogen-bond donors (Lipinski definition) is 1. The maximum atomic E-state index is 11.8. The molecule has 0 spiro atoms. The Bertz CT molecular complexity index is 304. The molecule has 0 saturated carbocycles. The number of hydrogen-bond acceptors (Lipinski definition) is 2. The number of halogens is 3. The lowest BCUT2D eigenvalue weighted by molar-refractivity contribution is -0.141. The summed E-state index contributed by atoms with van der Waals surface area (Å²) in [6.07, 6.45) is -5.42. The summed E-state index contributed by atoms with van der Waals surface area (Å²) in [5.41, 5.74) is -1.22. The third-order valence-electron chi connectivity index (χ3n) is 1.08. The van der Waals surface area contributed by atoms with Gasteiger partial charge in [0.1, 0.15) is 0 Å². The molecule has 66 valence electrons.